The maximum Gasteiger partial charge on any atom is 0.235 e. The minimum absolute atomic E-state index is 0.0100. The number of thioether (sulfide) groups is 1. The van der Waals surface area contributed by atoms with Crippen molar-refractivity contribution in [2.24, 2.45) is 0 Å². The number of carbonyl (C=O) groups is 1. The van der Waals surface area contributed by atoms with Crippen LogP contribution in [0.25, 0.3) is 0 Å². The Morgan fingerprint density at radius 3 is 2.72 bits per heavy atom. The Morgan fingerprint density at radius 1 is 1.20 bits per heavy atom. The van der Waals surface area contributed by atoms with Gasteiger partial charge in [-0.15, -0.1) is 11.8 Å². The zero-order valence-electron chi connectivity index (χ0n) is 14.2. The first kappa shape index (κ1) is 17.6. The monoisotopic (exact) mass is 361 g/mol. The van der Waals surface area contributed by atoms with Gasteiger partial charge in [0.2, 0.25) is 5.91 Å². The van der Waals surface area contributed by atoms with Gasteiger partial charge in [-0.25, -0.2) is 4.39 Å². The van der Waals surface area contributed by atoms with Gasteiger partial charge in [0.25, 0.3) is 0 Å². The number of hydrogen-bond acceptors (Lipinski definition) is 4. The molecule has 25 heavy (non-hydrogen) atoms. The van der Waals surface area contributed by atoms with E-state index in [1.54, 1.807) is 18.0 Å². The van der Waals surface area contributed by atoms with Crippen molar-refractivity contribution in [2.75, 3.05) is 20.3 Å². The molecule has 1 atom stereocenters. The molecule has 0 saturated heterocycles. The summed E-state index contributed by atoms with van der Waals surface area (Å²) in [6, 6.07) is 12.0. The van der Waals surface area contributed by atoms with Crippen LogP contribution in [0.5, 0.6) is 11.5 Å². The van der Waals surface area contributed by atoms with Crippen molar-refractivity contribution < 1.29 is 18.7 Å². The molecule has 1 amide bonds. The molecule has 2 aromatic rings. The smallest absolute Gasteiger partial charge is 0.235 e. The van der Waals surface area contributed by atoms with E-state index < -0.39 is 0 Å². The van der Waals surface area contributed by atoms with E-state index in [4.69, 9.17) is 9.47 Å². The molecule has 6 heteroatoms. The minimum Gasteiger partial charge on any atom is -0.486 e. The SMILES string of the molecule is C[C@H](Sc1ccc2c(c1)OCCO2)C(=O)N(C)Cc1cccc(F)c1. The first-order chi connectivity index (χ1) is 12.0. The van der Waals surface area contributed by atoms with Crippen molar-refractivity contribution in [3.8, 4) is 11.5 Å². The van der Waals surface area contributed by atoms with Gasteiger partial charge in [-0.3, -0.25) is 4.79 Å². The van der Waals surface area contributed by atoms with E-state index in [2.05, 4.69) is 0 Å². The number of carbonyl (C=O) groups excluding carboxylic acids is 1. The van der Waals surface area contributed by atoms with Crippen LogP contribution in [-0.4, -0.2) is 36.3 Å². The minimum atomic E-state index is -0.294. The average molecular weight is 361 g/mol. The number of fused-ring (bicyclic) bond motifs is 1. The lowest BCUT2D eigenvalue weighted by molar-refractivity contribution is -0.129. The number of nitrogens with zero attached hydrogens (tertiary/aromatic N) is 1. The topological polar surface area (TPSA) is 38.8 Å². The molecule has 0 unspecified atom stereocenters. The fourth-order valence-corrected chi connectivity index (χ4v) is 3.66. The van der Waals surface area contributed by atoms with Gasteiger partial charge >= 0.3 is 0 Å². The molecule has 3 rings (SSSR count). The summed E-state index contributed by atoms with van der Waals surface area (Å²) in [5, 5.41) is -0.263. The Labute approximate surface area is 150 Å². The third kappa shape index (κ3) is 4.45. The summed E-state index contributed by atoms with van der Waals surface area (Å²) in [6.07, 6.45) is 0. The third-order valence-corrected chi connectivity index (χ3v) is 4.94. The van der Waals surface area contributed by atoms with Gasteiger partial charge in [0.1, 0.15) is 19.0 Å². The summed E-state index contributed by atoms with van der Waals surface area (Å²) < 4.78 is 24.4. The Bertz CT molecular complexity index is 768. The van der Waals surface area contributed by atoms with E-state index in [9.17, 15) is 9.18 Å². The lowest BCUT2D eigenvalue weighted by atomic mass is 10.2. The molecule has 1 aliphatic rings. The number of amides is 1. The maximum atomic E-state index is 13.3. The highest BCUT2D eigenvalue weighted by atomic mass is 32.2. The van der Waals surface area contributed by atoms with Gasteiger partial charge < -0.3 is 14.4 Å². The van der Waals surface area contributed by atoms with E-state index in [1.807, 2.05) is 31.2 Å². The number of hydrogen-bond donors (Lipinski definition) is 0. The Kier molecular flexibility index (Phi) is 5.48. The van der Waals surface area contributed by atoms with Gasteiger partial charge in [-0.2, -0.15) is 0 Å². The second-order valence-electron chi connectivity index (χ2n) is 5.89. The molecule has 2 aromatic carbocycles. The van der Waals surface area contributed by atoms with Crippen molar-refractivity contribution in [1.29, 1.82) is 0 Å². The summed E-state index contributed by atoms with van der Waals surface area (Å²) in [5.74, 6) is 1.14. The molecule has 1 aliphatic heterocycles. The lowest BCUT2D eigenvalue weighted by Gasteiger charge is -2.22. The molecule has 0 spiro atoms. The van der Waals surface area contributed by atoms with Crippen molar-refractivity contribution >= 4 is 17.7 Å². The Balaban J connectivity index is 1.62. The second kappa shape index (κ2) is 7.78. The normalized spacial score (nSPS) is 14.0. The van der Waals surface area contributed by atoms with E-state index in [0.29, 0.717) is 25.5 Å². The van der Waals surface area contributed by atoms with E-state index in [-0.39, 0.29) is 17.0 Å². The zero-order valence-corrected chi connectivity index (χ0v) is 15.0. The van der Waals surface area contributed by atoms with E-state index in [0.717, 1.165) is 16.2 Å². The van der Waals surface area contributed by atoms with Gasteiger partial charge in [-0.05, 0) is 42.8 Å². The summed E-state index contributed by atoms with van der Waals surface area (Å²) in [4.78, 5) is 15.1. The highest BCUT2D eigenvalue weighted by Gasteiger charge is 2.20. The average Bonchev–Trinajstić information content (AvgIpc) is 2.61. The number of benzene rings is 2. The van der Waals surface area contributed by atoms with Crippen LogP contribution in [0.2, 0.25) is 0 Å². The highest BCUT2D eigenvalue weighted by molar-refractivity contribution is 8.00. The second-order valence-corrected chi connectivity index (χ2v) is 7.30. The fraction of sp³-hybridized carbons (Fsp3) is 0.316. The molecule has 0 fully saturated rings. The number of ether oxygens (including phenoxy) is 2. The molecule has 1 heterocycles. The quantitative estimate of drug-likeness (QED) is 0.761. The zero-order chi connectivity index (χ0) is 17.8. The molecule has 0 aliphatic carbocycles. The van der Waals surface area contributed by atoms with Crippen LogP contribution in [0, 0.1) is 5.82 Å². The van der Waals surface area contributed by atoms with Gasteiger partial charge in [0.05, 0.1) is 5.25 Å². The van der Waals surface area contributed by atoms with Gasteiger partial charge in [0.15, 0.2) is 11.5 Å². The molecule has 0 bridgehead atoms. The molecule has 0 N–H and O–H groups in total. The summed E-state index contributed by atoms with van der Waals surface area (Å²) in [5.41, 5.74) is 0.771. The molecule has 0 aromatic heterocycles. The molecule has 0 saturated carbocycles. The molecular formula is C19H20FNO3S. The number of halogens is 1. The van der Waals surface area contributed by atoms with Crippen LogP contribution >= 0.6 is 11.8 Å². The first-order valence-electron chi connectivity index (χ1n) is 8.08. The van der Waals surface area contributed by atoms with Crippen LogP contribution < -0.4 is 9.47 Å². The Hall–Kier alpha value is -2.21. The van der Waals surface area contributed by atoms with Crippen LogP contribution in [0.1, 0.15) is 12.5 Å². The molecule has 0 radical (unpaired) electrons. The van der Waals surface area contributed by atoms with Gasteiger partial charge in [-0.1, -0.05) is 12.1 Å². The van der Waals surface area contributed by atoms with E-state index >= 15 is 0 Å². The predicted octanol–water partition coefficient (Wildman–Crippen LogP) is 3.74. The molecule has 132 valence electrons. The van der Waals surface area contributed by atoms with Crippen LogP contribution in [0.3, 0.4) is 0 Å². The van der Waals surface area contributed by atoms with Crippen LogP contribution in [-0.2, 0) is 11.3 Å². The van der Waals surface area contributed by atoms with E-state index in [1.165, 1.54) is 23.9 Å². The van der Waals surface area contributed by atoms with Gasteiger partial charge in [0, 0.05) is 18.5 Å². The highest BCUT2D eigenvalue weighted by Crippen LogP contribution is 2.35. The maximum absolute atomic E-state index is 13.3. The van der Waals surface area contributed by atoms with Crippen molar-refractivity contribution in [2.45, 2.75) is 23.6 Å². The first-order valence-corrected chi connectivity index (χ1v) is 8.96. The largest absolute Gasteiger partial charge is 0.486 e. The third-order valence-electron chi connectivity index (χ3n) is 3.86. The van der Waals surface area contributed by atoms with Crippen LogP contribution in [0.4, 0.5) is 4.39 Å². The fourth-order valence-electron chi connectivity index (χ4n) is 2.65. The van der Waals surface area contributed by atoms with Crippen molar-refractivity contribution in [3.05, 3.63) is 53.8 Å². The van der Waals surface area contributed by atoms with Crippen molar-refractivity contribution in [3.63, 3.8) is 0 Å². The van der Waals surface area contributed by atoms with Crippen molar-refractivity contribution in [1.82, 2.24) is 4.90 Å². The van der Waals surface area contributed by atoms with Crippen LogP contribution in [0.15, 0.2) is 47.4 Å². The Morgan fingerprint density at radius 2 is 1.96 bits per heavy atom. The molecule has 4 nitrogen and oxygen atoms in total. The summed E-state index contributed by atoms with van der Waals surface area (Å²) >= 11 is 1.47. The predicted molar refractivity (Wildman–Crippen MR) is 95.6 cm³/mol. The number of rotatable bonds is 5. The molecular weight excluding hydrogens is 341 g/mol. The lowest BCUT2D eigenvalue weighted by Crippen LogP contribution is -2.32. The summed E-state index contributed by atoms with van der Waals surface area (Å²) in [7, 11) is 1.73. The summed E-state index contributed by atoms with van der Waals surface area (Å²) in [6.45, 7) is 3.33. The standard InChI is InChI=1S/C19H20FNO3S/c1-13(19(22)21(2)12-14-4-3-5-15(20)10-14)25-16-6-7-17-18(11-16)24-9-8-23-17/h3-7,10-11,13H,8-9,12H2,1-2H3/t13-/m0/s1.